The molecule has 0 amide bonds. The number of hydrogen-bond donors (Lipinski definition) is 2. The van der Waals surface area contributed by atoms with E-state index in [0.29, 0.717) is 0 Å². The molecule has 0 unspecified atom stereocenters. The van der Waals surface area contributed by atoms with Crippen molar-refractivity contribution in [3.63, 3.8) is 0 Å². The average Bonchev–Trinajstić information content (AvgIpc) is 1.72. The van der Waals surface area contributed by atoms with Gasteiger partial charge >= 0.3 is 7.55 Å². The monoisotopic (exact) mass is 82.1 g/mol. The summed E-state index contributed by atoms with van der Waals surface area (Å²) in [4.78, 5) is 0. The van der Waals surface area contributed by atoms with Gasteiger partial charge in [0.1, 0.15) is 0 Å². The van der Waals surface area contributed by atoms with E-state index >= 15 is 0 Å². The van der Waals surface area contributed by atoms with Crippen molar-refractivity contribution in [1.82, 2.24) is 10.5 Å². The van der Waals surface area contributed by atoms with Gasteiger partial charge in [-0.15, -0.1) is 0 Å². The van der Waals surface area contributed by atoms with E-state index in [1.54, 1.807) is 0 Å². The molecule has 1 aliphatic rings. The fourth-order valence-electron chi connectivity index (χ4n) is 0.429. The Bertz CT molecular complexity index is 24.3. The predicted molar refractivity (Wildman–Crippen MR) is 26.1 cm³/mol. The van der Waals surface area contributed by atoms with Crippen LogP contribution in [-0.4, -0.2) is 20.6 Å². The lowest BCUT2D eigenvalue weighted by atomic mass is 10.1. The zero-order valence-corrected chi connectivity index (χ0v) is 3.57. The van der Waals surface area contributed by atoms with Gasteiger partial charge in [-0.2, -0.15) is 0 Å². The van der Waals surface area contributed by atoms with E-state index in [1.165, 1.54) is 0 Å². The van der Waals surface area contributed by atoms with Gasteiger partial charge in [-0.1, -0.05) is 0 Å². The predicted octanol–water partition coefficient (Wildman–Crippen LogP) is -1.08. The summed E-state index contributed by atoms with van der Waals surface area (Å²) in [5.74, 6) is 0. The van der Waals surface area contributed by atoms with Crippen LogP contribution in [0.5, 0.6) is 0 Å². The van der Waals surface area contributed by atoms with E-state index in [-0.39, 0.29) is 0 Å². The van der Waals surface area contributed by atoms with Crippen LogP contribution >= 0.6 is 0 Å². The second kappa shape index (κ2) is 2.21. The molecular weight excluding hydrogens is 74.9 g/mol. The van der Waals surface area contributed by atoms with Crippen molar-refractivity contribution in [2.75, 3.05) is 13.1 Å². The lowest BCUT2D eigenvalue weighted by Gasteiger charge is -2.08. The van der Waals surface area contributed by atoms with Gasteiger partial charge in [-0.25, -0.2) is 0 Å². The van der Waals surface area contributed by atoms with Crippen LogP contribution in [-0.2, 0) is 0 Å². The van der Waals surface area contributed by atoms with Gasteiger partial charge in [0.05, 0.1) is 0 Å². The summed E-state index contributed by atoms with van der Waals surface area (Å²) >= 11 is 0. The van der Waals surface area contributed by atoms with Crippen molar-refractivity contribution in [1.29, 1.82) is 0 Å². The highest BCUT2D eigenvalue weighted by atomic mass is 14.9. The quantitative estimate of drug-likeness (QED) is 0.363. The van der Waals surface area contributed by atoms with E-state index in [2.05, 4.69) is 16.9 Å². The molecule has 1 aliphatic heterocycles. The van der Waals surface area contributed by atoms with Crippen molar-refractivity contribution < 1.29 is 0 Å². The largest absolute Gasteiger partial charge is 0.345 e. The lowest BCUT2D eigenvalue weighted by molar-refractivity contribution is 0.841. The van der Waals surface area contributed by atoms with Crippen LogP contribution in [0.1, 0.15) is 0 Å². The van der Waals surface area contributed by atoms with E-state index in [9.17, 15) is 0 Å². The van der Waals surface area contributed by atoms with Gasteiger partial charge in [0.2, 0.25) is 0 Å². The molecule has 32 valence electrons. The first-order valence-corrected chi connectivity index (χ1v) is 2.10. The molecule has 0 aromatic carbocycles. The van der Waals surface area contributed by atoms with Crippen molar-refractivity contribution in [2.24, 2.45) is 0 Å². The molecular formula is C3H7BN2. The van der Waals surface area contributed by atoms with E-state index in [1.807, 2.05) is 7.55 Å². The van der Waals surface area contributed by atoms with Gasteiger partial charge in [0, 0.05) is 0 Å². The fraction of sp³-hybridized carbons (Fsp3) is 0.667. The molecule has 6 heavy (non-hydrogen) atoms. The molecule has 0 saturated carbocycles. The summed E-state index contributed by atoms with van der Waals surface area (Å²) in [6.07, 6.45) is 2.14. The van der Waals surface area contributed by atoms with E-state index in [0.717, 1.165) is 13.1 Å². The molecule has 1 fully saturated rings. The fourth-order valence-corrected chi connectivity index (χ4v) is 0.429. The molecule has 0 spiro atoms. The van der Waals surface area contributed by atoms with Crippen LogP contribution in [0.3, 0.4) is 0 Å². The Morgan fingerprint density at radius 2 is 2.00 bits per heavy atom. The molecule has 0 aromatic rings. The highest BCUT2D eigenvalue weighted by Gasteiger charge is 1.95. The topological polar surface area (TPSA) is 24.1 Å². The molecule has 0 bridgehead atoms. The highest BCUT2D eigenvalue weighted by molar-refractivity contribution is 6.29. The maximum absolute atomic E-state index is 2.99. The molecule has 0 atom stereocenters. The van der Waals surface area contributed by atoms with Crippen molar-refractivity contribution in [3.05, 3.63) is 6.42 Å². The first-order chi connectivity index (χ1) is 3.00. The van der Waals surface area contributed by atoms with Gasteiger partial charge in [-0.3, -0.25) is 0 Å². The number of hydrogen-bond acceptors (Lipinski definition) is 2. The minimum Gasteiger partial charge on any atom is -0.345 e. The Balaban J connectivity index is 2.00. The average molecular weight is 81.9 g/mol. The Hall–Kier alpha value is -0.0151. The second-order valence-corrected chi connectivity index (χ2v) is 1.25. The first-order valence-electron chi connectivity index (χ1n) is 2.10. The first kappa shape index (κ1) is 4.15. The Labute approximate surface area is 38.6 Å². The van der Waals surface area contributed by atoms with Gasteiger partial charge in [-0.05, 0) is 19.5 Å². The summed E-state index contributed by atoms with van der Waals surface area (Å²) in [5, 5.41) is 5.99. The summed E-state index contributed by atoms with van der Waals surface area (Å²) in [6.45, 7) is 2.01. The summed E-state index contributed by atoms with van der Waals surface area (Å²) in [5.41, 5.74) is 0. The molecule has 1 saturated heterocycles. The minimum absolute atomic E-state index is 1.01. The van der Waals surface area contributed by atoms with Crippen LogP contribution in [0.4, 0.5) is 0 Å². The van der Waals surface area contributed by atoms with Gasteiger partial charge in [0.25, 0.3) is 0 Å². The molecule has 0 aliphatic carbocycles. The van der Waals surface area contributed by atoms with Crippen molar-refractivity contribution in [2.45, 2.75) is 0 Å². The minimum atomic E-state index is 1.01. The number of nitrogens with one attached hydrogen (secondary N) is 2. The molecule has 2 N–H and O–H groups in total. The summed E-state index contributed by atoms with van der Waals surface area (Å²) in [7, 11) is 1.86. The van der Waals surface area contributed by atoms with Crippen molar-refractivity contribution >= 4 is 7.55 Å². The van der Waals surface area contributed by atoms with E-state index < -0.39 is 0 Å². The second-order valence-electron chi connectivity index (χ2n) is 1.25. The Morgan fingerprint density at radius 3 is 2.17 bits per heavy atom. The third-order valence-electron chi connectivity index (χ3n) is 0.729. The SMILES string of the molecule is [B]1NC[CH]CN1. The standard InChI is InChI=1S/C3H7BN2/c1-2-5-4-6-3-1/h1,5-6H,2-3H2. The number of rotatable bonds is 0. The zero-order chi connectivity index (χ0) is 4.24. The molecule has 2 radical (unpaired) electrons. The zero-order valence-electron chi connectivity index (χ0n) is 3.57. The Morgan fingerprint density at radius 1 is 1.33 bits per heavy atom. The smallest absolute Gasteiger partial charge is 0.307 e. The van der Waals surface area contributed by atoms with Gasteiger partial charge < -0.3 is 10.5 Å². The molecule has 1 rings (SSSR count). The van der Waals surface area contributed by atoms with Crippen LogP contribution < -0.4 is 10.5 Å². The lowest BCUT2D eigenvalue weighted by Crippen LogP contribution is -2.41. The molecule has 2 nitrogen and oxygen atoms in total. The molecule has 3 heteroatoms. The maximum atomic E-state index is 2.99. The van der Waals surface area contributed by atoms with Crippen LogP contribution in [0.15, 0.2) is 0 Å². The van der Waals surface area contributed by atoms with Crippen LogP contribution in [0.2, 0.25) is 0 Å². The summed E-state index contributed by atoms with van der Waals surface area (Å²) in [6, 6.07) is 0. The third-order valence-corrected chi connectivity index (χ3v) is 0.729. The van der Waals surface area contributed by atoms with E-state index in [4.69, 9.17) is 0 Å². The van der Waals surface area contributed by atoms with Gasteiger partial charge in [0.15, 0.2) is 0 Å². The molecule has 0 aromatic heterocycles. The molecule has 1 heterocycles. The van der Waals surface area contributed by atoms with Crippen molar-refractivity contribution in [3.8, 4) is 0 Å². The van der Waals surface area contributed by atoms with Crippen LogP contribution in [0.25, 0.3) is 0 Å². The highest BCUT2D eigenvalue weighted by Crippen LogP contribution is 1.71. The summed E-state index contributed by atoms with van der Waals surface area (Å²) < 4.78 is 0. The maximum Gasteiger partial charge on any atom is 0.307 e. The Kier molecular flexibility index (Phi) is 1.53. The normalized spacial score (nSPS) is 22.7. The van der Waals surface area contributed by atoms with Crippen LogP contribution in [0, 0.1) is 6.42 Å². The third kappa shape index (κ3) is 0.991.